The van der Waals surface area contributed by atoms with Crippen LogP contribution in [0.25, 0.3) is 11.5 Å². The van der Waals surface area contributed by atoms with E-state index < -0.39 is 23.4 Å². The fraction of sp³-hybridized carbons (Fsp3) is 0.150. The van der Waals surface area contributed by atoms with Crippen LogP contribution in [0.15, 0.2) is 46.9 Å². The molecule has 1 unspecified atom stereocenters. The van der Waals surface area contributed by atoms with Gasteiger partial charge in [-0.25, -0.2) is 4.79 Å². The molecule has 2 aliphatic rings. The molecule has 4 amide bonds. The molecule has 1 fully saturated rings. The second-order valence-corrected chi connectivity index (χ2v) is 7.51. The van der Waals surface area contributed by atoms with E-state index in [1.807, 2.05) is 13.0 Å². The lowest BCUT2D eigenvalue weighted by Gasteiger charge is -2.20. The third-order valence-corrected chi connectivity index (χ3v) is 5.38. The van der Waals surface area contributed by atoms with Crippen LogP contribution < -0.4 is 15.5 Å². The first-order valence-electron chi connectivity index (χ1n) is 9.03. The minimum Gasteiger partial charge on any atom is -0.419 e. The number of halogens is 1. The summed E-state index contributed by atoms with van der Waals surface area (Å²) >= 11 is 5.90. The molecule has 3 aromatic rings. The van der Waals surface area contributed by atoms with Crippen molar-refractivity contribution in [3.63, 3.8) is 0 Å². The van der Waals surface area contributed by atoms with Crippen LogP contribution in [0, 0.1) is 6.92 Å². The molecule has 0 radical (unpaired) electrons. The minimum absolute atomic E-state index is 0.0552. The topological polar surface area (TPSA) is 117 Å². The number of aromatic nitrogens is 2. The van der Waals surface area contributed by atoms with Gasteiger partial charge >= 0.3 is 6.03 Å². The highest BCUT2D eigenvalue weighted by molar-refractivity contribution is 6.30. The Bertz CT molecular complexity index is 1220. The Morgan fingerprint density at radius 3 is 2.57 bits per heavy atom. The third kappa shape index (κ3) is 2.59. The van der Waals surface area contributed by atoms with Crippen molar-refractivity contribution in [2.24, 2.45) is 0 Å². The molecule has 1 saturated heterocycles. The summed E-state index contributed by atoms with van der Waals surface area (Å²) in [5.41, 5.74) is 0.639. The van der Waals surface area contributed by atoms with E-state index in [9.17, 15) is 14.4 Å². The number of carbonyl (C=O) groups excluding carboxylic acids is 3. The van der Waals surface area contributed by atoms with Crippen LogP contribution in [0.5, 0.6) is 0 Å². The number of carbonyl (C=O) groups is 3. The second kappa shape index (κ2) is 6.39. The molecular formula is C20H14ClN5O4. The van der Waals surface area contributed by atoms with Crippen LogP contribution in [0.1, 0.15) is 17.0 Å². The van der Waals surface area contributed by atoms with E-state index >= 15 is 0 Å². The average Bonchev–Trinajstić information content (AvgIpc) is 3.36. The standard InChI is InChI=1S/C20H14ClN5O4/c1-10-2-7-14-13(8-10)20(17(27)22-19(29)23-20)18(28)26(14)9-15-24-25-16(30-15)11-3-5-12(21)6-4-11/h2-8H,9H2,1H3,(H2,22,23,27,29). The smallest absolute Gasteiger partial charge is 0.323 e. The number of urea groups is 1. The number of nitrogens with zero attached hydrogens (tertiary/aromatic N) is 3. The van der Waals surface area contributed by atoms with Crippen molar-refractivity contribution < 1.29 is 18.8 Å². The Morgan fingerprint density at radius 2 is 1.87 bits per heavy atom. The average molecular weight is 424 g/mol. The van der Waals surface area contributed by atoms with E-state index in [1.165, 1.54) is 4.90 Å². The van der Waals surface area contributed by atoms with Gasteiger partial charge in [-0.15, -0.1) is 10.2 Å². The Balaban J connectivity index is 1.52. The lowest BCUT2D eigenvalue weighted by atomic mass is 9.90. The van der Waals surface area contributed by atoms with Gasteiger partial charge in [0, 0.05) is 16.1 Å². The molecule has 0 saturated carbocycles. The zero-order valence-corrected chi connectivity index (χ0v) is 16.4. The van der Waals surface area contributed by atoms with Crippen molar-refractivity contribution in [3.8, 4) is 11.5 Å². The van der Waals surface area contributed by atoms with Crippen LogP contribution in [-0.2, 0) is 21.7 Å². The maximum absolute atomic E-state index is 13.3. The lowest BCUT2D eigenvalue weighted by molar-refractivity contribution is -0.134. The van der Waals surface area contributed by atoms with Gasteiger partial charge in [-0.1, -0.05) is 29.3 Å². The number of benzene rings is 2. The van der Waals surface area contributed by atoms with Crippen molar-refractivity contribution >= 4 is 35.1 Å². The van der Waals surface area contributed by atoms with E-state index in [-0.39, 0.29) is 18.3 Å². The number of aryl methyl sites for hydroxylation is 1. The molecular weight excluding hydrogens is 410 g/mol. The first kappa shape index (κ1) is 18.3. The van der Waals surface area contributed by atoms with Crippen molar-refractivity contribution in [2.45, 2.75) is 19.0 Å². The highest BCUT2D eigenvalue weighted by Gasteiger charge is 2.61. The van der Waals surface area contributed by atoms with Crippen LogP contribution in [0.4, 0.5) is 10.5 Å². The fourth-order valence-electron chi connectivity index (χ4n) is 3.73. The monoisotopic (exact) mass is 423 g/mol. The van der Waals surface area contributed by atoms with Gasteiger partial charge in [-0.2, -0.15) is 0 Å². The summed E-state index contributed by atoms with van der Waals surface area (Å²) < 4.78 is 5.71. The normalized spacial score (nSPS) is 19.9. The van der Waals surface area contributed by atoms with Gasteiger partial charge in [0.25, 0.3) is 11.8 Å². The molecule has 30 heavy (non-hydrogen) atoms. The summed E-state index contributed by atoms with van der Waals surface area (Å²) in [6.07, 6.45) is 0. The van der Waals surface area contributed by atoms with Gasteiger partial charge in [0.2, 0.25) is 17.3 Å². The first-order chi connectivity index (χ1) is 14.4. The molecule has 1 atom stereocenters. The molecule has 1 aromatic heterocycles. The number of amides is 4. The highest BCUT2D eigenvalue weighted by atomic mass is 35.5. The number of hydrogen-bond donors (Lipinski definition) is 2. The zero-order valence-electron chi connectivity index (χ0n) is 15.6. The maximum Gasteiger partial charge on any atom is 0.323 e. The Kier molecular flexibility index (Phi) is 3.90. The van der Waals surface area contributed by atoms with E-state index in [4.69, 9.17) is 16.0 Å². The zero-order chi connectivity index (χ0) is 21.0. The molecule has 0 aliphatic carbocycles. The molecule has 5 rings (SSSR count). The van der Waals surface area contributed by atoms with Gasteiger partial charge in [-0.05, 0) is 37.3 Å². The predicted molar refractivity (Wildman–Crippen MR) is 105 cm³/mol. The van der Waals surface area contributed by atoms with Crippen LogP contribution >= 0.6 is 11.6 Å². The molecule has 2 aromatic carbocycles. The highest BCUT2D eigenvalue weighted by Crippen LogP contribution is 2.43. The van der Waals surface area contributed by atoms with E-state index in [2.05, 4.69) is 20.8 Å². The molecule has 9 nitrogen and oxygen atoms in total. The summed E-state index contributed by atoms with van der Waals surface area (Å²) in [7, 11) is 0. The van der Waals surface area contributed by atoms with Gasteiger partial charge in [0.05, 0.1) is 5.69 Å². The number of nitrogens with one attached hydrogen (secondary N) is 2. The fourth-order valence-corrected chi connectivity index (χ4v) is 3.85. The van der Waals surface area contributed by atoms with Crippen LogP contribution in [0.3, 0.4) is 0 Å². The summed E-state index contributed by atoms with van der Waals surface area (Å²) in [6, 6.07) is 11.4. The number of fused-ring (bicyclic) bond motifs is 2. The van der Waals surface area contributed by atoms with E-state index in [0.717, 1.165) is 5.56 Å². The molecule has 150 valence electrons. The number of rotatable bonds is 3. The minimum atomic E-state index is -1.79. The quantitative estimate of drug-likeness (QED) is 0.493. The predicted octanol–water partition coefficient (Wildman–Crippen LogP) is 2.28. The summed E-state index contributed by atoms with van der Waals surface area (Å²) in [5.74, 6) is -0.836. The number of hydrogen-bond acceptors (Lipinski definition) is 6. The summed E-state index contributed by atoms with van der Waals surface area (Å²) in [4.78, 5) is 39.1. The van der Waals surface area contributed by atoms with Crippen LogP contribution in [0.2, 0.25) is 5.02 Å². The van der Waals surface area contributed by atoms with Gasteiger partial charge in [0.15, 0.2) is 0 Å². The molecule has 2 N–H and O–H groups in total. The number of imide groups is 1. The van der Waals surface area contributed by atoms with Crippen molar-refractivity contribution in [1.82, 2.24) is 20.8 Å². The molecule has 10 heteroatoms. The van der Waals surface area contributed by atoms with Crippen molar-refractivity contribution in [2.75, 3.05) is 4.90 Å². The van der Waals surface area contributed by atoms with Crippen LogP contribution in [-0.4, -0.2) is 28.0 Å². The largest absolute Gasteiger partial charge is 0.419 e. The maximum atomic E-state index is 13.3. The first-order valence-corrected chi connectivity index (χ1v) is 9.41. The molecule has 1 spiro atoms. The van der Waals surface area contributed by atoms with Gasteiger partial charge in [0.1, 0.15) is 6.54 Å². The molecule has 0 bridgehead atoms. The molecule has 3 heterocycles. The summed E-state index contributed by atoms with van der Waals surface area (Å²) in [6.45, 7) is 1.78. The summed E-state index contributed by atoms with van der Waals surface area (Å²) in [5, 5.41) is 13.3. The second-order valence-electron chi connectivity index (χ2n) is 7.08. The van der Waals surface area contributed by atoms with E-state index in [0.29, 0.717) is 21.8 Å². The Hall–Kier alpha value is -3.72. The SMILES string of the molecule is Cc1ccc2c(c1)C1(NC(=O)NC1=O)C(=O)N2Cc1nnc(-c2ccc(Cl)cc2)o1. The number of anilines is 1. The molecule has 2 aliphatic heterocycles. The van der Waals surface area contributed by atoms with Gasteiger partial charge < -0.3 is 9.73 Å². The third-order valence-electron chi connectivity index (χ3n) is 5.13. The van der Waals surface area contributed by atoms with Crippen molar-refractivity contribution in [3.05, 3.63) is 64.5 Å². The Morgan fingerprint density at radius 1 is 1.10 bits per heavy atom. The van der Waals surface area contributed by atoms with E-state index in [1.54, 1.807) is 36.4 Å². The van der Waals surface area contributed by atoms with Crippen molar-refractivity contribution in [1.29, 1.82) is 0 Å². The lowest BCUT2D eigenvalue weighted by Crippen LogP contribution is -2.52. The Labute approximate surface area is 175 Å². The van der Waals surface area contributed by atoms with Gasteiger partial charge in [-0.3, -0.25) is 19.8 Å².